The molecule has 0 N–H and O–H groups in total. The molecule has 2 aliphatic heterocycles. The van der Waals surface area contributed by atoms with Crippen LogP contribution in [0.4, 0.5) is 4.79 Å². The molecule has 0 radical (unpaired) electrons. The van der Waals surface area contributed by atoms with Gasteiger partial charge in [-0.1, -0.05) is 28.4 Å². The zero-order chi connectivity index (χ0) is 20.0. The fourth-order valence-electron chi connectivity index (χ4n) is 3.36. The monoisotopic (exact) mass is 414 g/mol. The van der Waals surface area contributed by atoms with Crippen LogP contribution in [0.25, 0.3) is 0 Å². The van der Waals surface area contributed by atoms with Crippen LogP contribution in [0.1, 0.15) is 32.8 Å². The SMILES string of the molecule is COC(=O)[C@]12ON=C(c3cc(Cl)cc(Cl)c3)C1CCN2C(=O)OC(C)(C)C. The number of methoxy groups -OCH3 is 1. The number of halogens is 2. The van der Waals surface area contributed by atoms with Crippen molar-refractivity contribution in [2.75, 3.05) is 13.7 Å². The predicted molar refractivity (Wildman–Crippen MR) is 99.9 cm³/mol. The molecule has 7 nitrogen and oxygen atoms in total. The van der Waals surface area contributed by atoms with E-state index in [9.17, 15) is 9.59 Å². The largest absolute Gasteiger partial charge is 0.465 e. The highest BCUT2D eigenvalue weighted by atomic mass is 35.5. The molecule has 0 saturated carbocycles. The Morgan fingerprint density at radius 3 is 2.44 bits per heavy atom. The number of carbonyl (C=O) groups is 2. The Labute approximate surface area is 167 Å². The number of benzene rings is 1. The highest BCUT2D eigenvalue weighted by Crippen LogP contribution is 2.45. The van der Waals surface area contributed by atoms with Gasteiger partial charge in [-0.3, -0.25) is 4.90 Å². The van der Waals surface area contributed by atoms with Gasteiger partial charge in [0.25, 0.3) is 0 Å². The minimum atomic E-state index is -1.71. The summed E-state index contributed by atoms with van der Waals surface area (Å²) in [5.74, 6) is -1.25. The summed E-state index contributed by atoms with van der Waals surface area (Å²) in [6, 6.07) is 4.95. The third-order valence-electron chi connectivity index (χ3n) is 4.38. The van der Waals surface area contributed by atoms with Crippen molar-refractivity contribution in [1.82, 2.24) is 4.90 Å². The molecule has 3 rings (SSSR count). The summed E-state index contributed by atoms with van der Waals surface area (Å²) in [7, 11) is 1.23. The predicted octanol–water partition coefficient (Wildman–Crippen LogP) is 3.85. The van der Waals surface area contributed by atoms with Gasteiger partial charge in [0.05, 0.1) is 18.7 Å². The summed E-state index contributed by atoms with van der Waals surface area (Å²) < 4.78 is 10.4. The van der Waals surface area contributed by atoms with Gasteiger partial charge >= 0.3 is 17.8 Å². The summed E-state index contributed by atoms with van der Waals surface area (Å²) in [6.07, 6.45) is -0.229. The number of hydrogen-bond donors (Lipinski definition) is 0. The Hall–Kier alpha value is -1.99. The molecule has 9 heteroatoms. The van der Waals surface area contributed by atoms with Gasteiger partial charge in [0.15, 0.2) is 0 Å². The lowest BCUT2D eigenvalue weighted by atomic mass is 9.88. The number of nitrogens with zero attached hydrogens (tertiary/aromatic N) is 2. The van der Waals surface area contributed by atoms with E-state index >= 15 is 0 Å². The van der Waals surface area contributed by atoms with Gasteiger partial charge in [0, 0.05) is 22.2 Å². The Kier molecular flexibility index (Phi) is 5.03. The van der Waals surface area contributed by atoms with Crippen molar-refractivity contribution in [3.8, 4) is 0 Å². The van der Waals surface area contributed by atoms with Gasteiger partial charge in [-0.15, -0.1) is 0 Å². The molecule has 0 bridgehead atoms. The molecular weight excluding hydrogens is 395 g/mol. The van der Waals surface area contributed by atoms with E-state index in [0.29, 0.717) is 27.7 Å². The van der Waals surface area contributed by atoms with E-state index < -0.39 is 29.3 Å². The molecule has 1 aromatic carbocycles. The van der Waals surface area contributed by atoms with Crippen LogP contribution in [0.5, 0.6) is 0 Å². The van der Waals surface area contributed by atoms with Crippen LogP contribution in [0.15, 0.2) is 23.4 Å². The fourth-order valence-corrected chi connectivity index (χ4v) is 3.89. The van der Waals surface area contributed by atoms with E-state index in [2.05, 4.69) is 5.16 Å². The maximum Gasteiger partial charge on any atom is 0.413 e. The van der Waals surface area contributed by atoms with Gasteiger partial charge in [0.1, 0.15) is 5.60 Å². The minimum absolute atomic E-state index is 0.252. The number of hydrogen-bond acceptors (Lipinski definition) is 6. The summed E-state index contributed by atoms with van der Waals surface area (Å²) in [5.41, 5.74) is -1.33. The second-order valence-electron chi connectivity index (χ2n) is 7.39. The topological polar surface area (TPSA) is 77.4 Å². The van der Waals surface area contributed by atoms with E-state index in [0.717, 1.165) is 0 Å². The smallest absolute Gasteiger partial charge is 0.413 e. The van der Waals surface area contributed by atoms with E-state index in [-0.39, 0.29) is 6.54 Å². The molecule has 1 unspecified atom stereocenters. The minimum Gasteiger partial charge on any atom is -0.465 e. The Morgan fingerprint density at radius 2 is 1.89 bits per heavy atom. The lowest BCUT2D eigenvalue weighted by molar-refractivity contribution is -0.190. The van der Waals surface area contributed by atoms with Crippen molar-refractivity contribution < 1.29 is 23.9 Å². The number of oxime groups is 1. The molecule has 0 aromatic heterocycles. The first kappa shape index (κ1) is 19.8. The quantitative estimate of drug-likeness (QED) is 0.686. The first-order valence-electron chi connectivity index (χ1n) is 8.40. The maximum atomic E-state index is 12.7. The van der Waals surface area contributed by atoms with Gasteiger partial charge in [-0.2, -0.15) is 0 Å². The number of carbonyl (C=O) groups excluding carboxylic acids is 2. The van der Waals surface area contributed by atoms with Crippen molar-refractivity contribution in [2.24, 2.45) is 11.1 Å². The average molecular weight is 415 g/mol. The van der Waals surface area contributed by atoms with E-state index in [1.807, 2.05) is 0 Å². The molecule has 1 aromatic rings. The second kappa shape index (κ2) is 6.87. The number of fused-ring (bicyclic) bond motifs is 1. The lowest BCUT2D eigenvalue weighted by Gasteiger charge is -2.34. The molecular formula is C18H20Cl2N2O5. The molecule has 27 heavy (non-hydrogen) atoms. The summed E-state index contributed by atoms with van der Waals surface area (Å²) in [4.78, 5) is 32.2. The lowest BCUT2D eigenvalue weighted by Crippen LogP contribution is -2.58. The highest BCUT2D eigenvalue weighted by molar-refractivity contribution is 6.35. The van der Waals surface area contributed by atoms with E-state index in [1.165, 1.54) is 12.0 Å². The van der Waals surface area contributed by atoms with Crippen LogP contribution in [-0.2, 0) is 19.1 Å². The van der Waals surface area contributed by atoms with Crippen LogP contribution in [0.2, 0.25) is 10.0 Å². The Bertz CT molecular complexity index is 800. The van der Waals surface area contributed by atoms with Gasteiger partial charge in [0.2, 0.25) is 0 Å². The molecule has 0 aliphatic carbocycles. The Morgan fingerprint density at radius 1 is 1.26 bits per heavy atom. The Balaban J connectivity index is 1.99. The molecule has 1 fully saturated rings. The number of likely N-dealkylation sites (tertiary alicyclic amines) is 1. The van der Waals surface area contributed by atoms with Gasteiger partial charge < -0.3 is 14.3 Å². The van der Waals surface area contributed by atoms with Crippen molar-refractivity contribution in [3.63, 3.8) is 0 Å². The summed E-state index contributed by atoms with van der Waals surface area (Å²) in [5, 5.41) is 4.95. The number of amides is 1. The highest BCUT2D eigenvalue weighted by Gasteiger charge is 2.66. The second-order valence-corrected chi connectivity index (χ2v) is 8.26. The third-order valence-corrected chi connectivity index (χ3v) is 4.81. The molecule has 2 atom stereocenters. The summed E-state index contributed by atoms with van der Waals surface area (Å²) >= 11 is 12.2. The normalized spacial score (nSPS) is 24.1. The average Bonchev–Trinajstić information content (AvgIpc) is 3.08. The molecule has 1 saturated heterocycles. The molecule has 146 valence electrons. The summed E-state index contributed by atoms with van der Waals surface area (Å²) in [6.45, 7) is 5.49. The zero-order valence-corrected chi connectivity index (χ0v) is 16.9. The van der Waals surface area contributed by atoms with E-state index in [4.69, 9.17) is 37.5 Å². The number of ether oxygens (including phenoxy) is 2. The number of esters is 1. The zero-order valence-electron chi connectivity index (χ0n) is 15.4. The van der Waals surface area contributed by atoms with Crippen LogP contribution in [0.3, 0.4) is 0 Å². The van der Waals surface area contributed by atoms with Crippen LogP contribution in [0, 0.1) is 5.92 Å². The first-order chi connectivity index (χ1) is 12.6. The van der Waals surface area contributed by atoms with Crippen molar-refractivity contribution in [3.05, 3.63) is 33.8 Å². The van der Waals surface area contributed by atoms with E-state index in [1.54, 1.807) is 39.0 Å². The van der Waals surface area contributed by atoms with Crippen molar-refractivity contribution in [1.29, 1.82) is 0 Å². The van der Waals surface area contributed by atoms with Crippen LogP contribution < -0.4 is 0 Å². The maximum absolute atomic E-state index is 12.7. The fraction of sp³-hybridized carbons (Fsp3) is 0.500. The first-order valence-corrected chi connectivity index (χ1v) is 9.15. The number of rotatable bonds is 2. The molecule has 2 heterocycles. The van der Waals surface area contributed by atoms with Crippen molar-refractivity contribution >= 4 is 41.0 Å². The molecule has 0 spiro atoms. The third kappa shape index (κ3) is 3.46. The molecule has 1 amide bonds. The van der Waals surface area contributed by atoms with Gasteiger partial charge in [-0.05, 0) is 45.4 Å². The van der Waals surface area contributed by atoms with Crippen LogP contribution >= 0.6 is 23.2 Å². The van der Waals surface area contributed by atoms with Gasteiger partial charge in [-0.25, -0.2) is 9.59 Å². The van der Waals surface area contributed by atoms with Crippen molar-refractivity contribution in [2.45, 2.75) is 38.5 Å². The standard InChI is InChI=1S/C18H20Cl2N2O5/c1-17(2,3)26-16(24)22-6-5-13-14(10-7-11(19)9-12(20)8-10)21-27-18(13,22)15(23)25-4/h7-9,13H,5-6H2,1-4H3/t13?,18-/m1/s1. The molecule has 2 aliphatic rings. The van der Waals surface area contributed by atoms with Crippen LogP contribution in [-0.4, -0.2) is 47.7 Å².